The van der Waals surface area contributed by atoms with Gasteiger partial charge in [-0.1, -0.05) is 30.3 Å². The summed E-state index contributed by atoms with van der Waals surface area (Å²) in [6.45, 7) is 2.57. The largest absolute Gasteiger partial charge is 0.497 e. The van der Waals surface area contributed by atoms with Crippen molar-refractivity contribution in [3.8, 4) is 11.4 Å². The number of benzene rings is 3. The second kappa shape index (κ2) is 7.96. The van der Waals surface area contributed by atoms with E-state index in [4.69, 9.17) is 9.72 Å². The Bertz CT molecular complexity index is 1380. The summed E-state index contributed by atoms with van der Waals surface area (Å²) >= 11 is 0. The summed E-state index contributed by atoms with van der Waals surface area (Å²) in [4.78, 5) is 33.4. The standard InChI is InChI=1S/C26H23N3O3/c1-3-28-23-11-7-5-8-19(23)21(25(28)30)16-24-27-22-10-6-4-9-20(22)26(31)29(24)17-12-14-18(32-2)15-13-17/h4-15,21H,3,16H2,1-2H3/t21-/m1/s1. The van der Waals surface area contributed by atoms with E-state index in [1.54, 1.807) is 22.6 Å². The number of likely N-dealkylation sites (N-methyl/N-ethyl adjacent to an activating group) is 1. The highest BCUT2D eigenvalue weighted by molar-refractivity contribution is 6.05. The molecule has 160 valence electrons. The lowest BCUT2D eigenvalue weighted by Crippen LogP contribution is -2.31. The molecular formula is C26H23N3O3. The first-order chi connectivity index (χ1) is 15.6. The third kappa shape index (κ3) is 3.15. The van der Waals surface area contributed by atoms with Crippen LogP contribution in [0.3, 0.4) is 0 Å². The maximum absolute atomic E-state index is 13.5. The highest BCUT2D eigenvalue weighted by Gasteiger charge is 2.37. The molecule has 0 saturated heterocycles. The zero-order valence-corrected chi connectivity index (χ0v) is 18.0. The average Bonchev–Trinajstić information content (AvgIpc) is 3.10. The molecule has 0 saturated carbocycles. The fraction of sp³-hybridized carbons (Fsp3) is 0.192. The van der Waals surface area contributed by atoms with Crippen LogP contribution in [0.4, 0.5) is 5.69 Å². The van der Waals surface area contributed by atoms with E-state index in [0.29, 0.717) is 41.1 Å². The summed E-state index contributed by atoms with van der Waals surface area (Å²) in [5.74, 6) is 0.918. The molecule has 0 bridgehead atoms. The number of fused-ring (bicyclic) bond motifs is 2. The van der Waals surface area contributed by atoms with Gasteiger partial charge in [0.1, 0.15) is 11.6 Å². The van der Waals surface area contributed by atoms with Crippen molar-refractivity contribution >= 4 is 22.5 Å². The Morgan fingerprint density at radius 1 is 0.938 bits per heavy atom. The van der Waals surface area contributed by atoms with Crippen LogP contribution < -0.4 is 15.2 Å². The maximum Gasteiger partial charge on any atom is 0.265 e. The molecule has 2 heterocycles. The predicted octanol–water partition coefficient (Wildman–Crippen LogP) is 4.09. The second-order valence-corrected chi connectivity index (χ2v) is 7.78. The van der Waals surface area contributed by atoms with Gasteiger partial charge >= 0.3 is 0 Å². The number of aromatic nitrogens is 2. The highest BCUT2D eigenvalue weighted by atomic mass is 16.5. The van der Waals surface area contributed by atoms with E-state index < -0.39 is 0 Å². The number of para-hydroxylation sites is 2. The van der Waals surface area contributed by atoms with Crippen LogP contribution in [0, 0.1) is 0 Å². The summed E-state index contributed by atoms with van der Waals surface area (Å²) < 4.78 is 6.88. The lowest BCUT2D eigenvalue weighted by atomic mass is 9.96. The molecule has 0 spiro atoms. The van der Waals surface area contributed by atoms with Gasteiger partial charge in [0.2, 0.25) is 5.91 Å². The fourth-order valence-electron chi connectivity index (χ4n) is 4.49. The van der Waals surface area contributed by atoms with Crippen LogP contribution in [0.1, 0.15) is 24.2 Å². The Morgan fingerprint density at radius 2 is 1.66 bits per heavy atom. The number of carbonyl (C=O) groups excluding carboxylic acids is 1. The fourth-order valence-corrected chi connectivity index (χ4v) is 4.49. The van der Waals surface area contributed by atoms with Crippen LogP contribution in [0.25, 0.3) is 16.6 Å². The number of carbonyl (C=O) groups is 1. The van der Waals surface area contributed by atoms with Crippen molar-refractivity contribution in [2.75, 3.05) is 18.6 Å². The molecule has 0 fully saturated rings. The number of hydrogen-bond acceptors (Lipinski definition) is 4. The van der Waals surface area contributed by atoms with E-state index in [-0.39, 0.29) is 17.4 Å². The summed E-state index contributed by atoms with van der Waals surface area (Å²) in [6.07, 6.45) is 0.332. The van der Waals surface area contributed by atoms with Gasteiger partial charge in [-0.15, -0.1) is 0 Å². The summed E-state index contributed by atoms with van der Waals surface area (Å²) in [5, 5.41) is 0.542. The normalized spacial score (nSPS) is 15.2. The first-order valence-electron chi connectivity index (χ1n) is 10.7. The molecule has 0 unspecified atom stereocenters. The Morgan fingerprint density at radius 3 is 2.41 bits per heavy atom. The zero-order valence-electron chi connectivity index (χ0n) is 18.0. The molecule has 0 N–H and O–H groups in total. The van der Waals surface area contributed by atoms with Crippen LogP contribution in [0.15, 0.2) is 77.6 Å². The number of anilines is 1. The number of methoxy groups -OCH3 is 1. The van der Waals surface area contributed by atoms with E-state index in [9.17, 15) is 9.59 Å². The highest BCUT2D eigenvalue weighted by Crippen LogP contribution is 2.38. The van der Waals surface area contributed by atoms with Gasteiger partial charge in [0.25, 0.3) is 5.56 Å². The van der Waals surface area contributed by atoms with Gasteiger partial charge in [-0.3, -0.25) is 14.2 Å². The molecule has 5 rings (SSSR count). The van der Waals surface area contributed by atoms with Crippen molar-refractivity contribution < 1.29 is 9.53 Å². The van der Waals surface area contributed by atoms with Crippen molar-refractivity contribution in [2.24, 2.45) is 0 Å². The SMILES string of the molecule is CCN1C(=O)[C@H](Cc2nc3ccccc3c(=O)n2-c2ccc(OC)cc2)c2ccccc21. The van der Waals surface area contributed by atoms with E-state index in [0.717, 1.165) is 11.3 Å². The van der Waals surface area contributed by atoms with Gasteiger partial charge in [0, 0.05) is 18.7 Å². The van der Waals surface area contributed by atoms with Crippen molar-refractivity contribution in [1.29, 1.82) is 0 Å². The number of amides is 1. The number of nitrogens with zero attached hydrogens (tertiary/aromatic N) is 3. The molecule has 1 aliphatic rings. The first kappa shape index (κ1) is 20.0. The van der Waals surface area contributed by atoms with E-state index in [1.807, 2.05) is 73.7 Å². The molecule has 32 heavy (non-hydrogen) atoms. The Balaban J connectivity index is 1.68. The van der Waals surface area contributed by atoms with Crippen LogP contribution in [-0.2, 0) is 11.2 Å². The summed E-state index contributed by atoms with van der Waals surface area (Å²) in [7, 11) is 1.60. The smallest absolute Gasteiger partial charge is 0.265 e. The summed E-state index contributed by atoms with van der Waals surface area (Å²) in [6, 6.07) is 22.5. The van der Waals surface area contributed by atoms with Gasteiger partial charge in [0.15, 0.2) is 0 Å². The van der Waals surface area contributed by atoms with Crippen LogP contribution in [0.2, 0.25) is 0 Å². The Hall–Kier alpha value is -3.93. The molecule has 0 aliphatic carbocycles. The lowest BCUT2D eigenvalue weighted by molar-refractivity contribution is -0.119. The lowest BCUT2D eigenvalue weighted by Gasteiger charge is -2.17. The van der Waals surface area contributed by atoms with E-state index in [2.05, 4.69) is 0 Å². The maximum atomic E-state index is 13.5. The first-order valence-corrected chi connectivity index (χ1v) is 10.7. The Kier molecular flexibility index (Phi) is 4.98. The van der Waals surface area contributed by atoms with Crippen molar-refractivity contribution in [1.82, 2.24) is 9.55 Å². The molecule has 1 atom stereocenters. The number of rotatable bonds is 5. The molecular weight excluding hydrogens is 402 g/mol. The molecule has 0 radical (unpaired) electrons. The Labute approximate surface area is 185 Å². The monoisotopic (exact) mass is 425 g/mol. The molecule has 4 aromatic rings. The number of hydrogen-bond donors (Lipinski definition) is 0. The quantitative estimate of drug-likeness (QED) is 0.483. The molecule has 3 aromatic carbocycles. The van der Waals surface area contributed by atoms with Crippen LogP contribution in [-0.4, -0.2) is 29.1 Å². The minimum Gasteiger partial charge on any atom is -0.497 e. The van der Waals surface area contributed by atoms with Crippen molar-refractivity contribution in [3.05, 3.63) is 94.5 Å². The predicted molar refractivity (Wildman–Crippen MR) is 125 cm³/mol. The van der Waals surface area contributed by atoms with Gasteiger partial charge in [-0.05, 0) is 55.0 Å². The third-order valence-electron chi connectivity index (χ3n) is 6.05. The van der Waals surface area contributed by atoms with E-state index >= 15 is 0 Å². The molecule has 1 amide bonds. The summed E-state index contributed by atoms with van der Waals surface area (Å²) in [5.41, 5.74) is 3.08. The molecule has 6 heteroatoms. The average molecular weight is 425 g/mol. The minimum atomic E-state index is -0.385. The minimum absolute atomic E-state index is 0.0392. The third-order valence-corrected chi connectivity index (χ3v) is 6.05. The van der Waals surface area contributed by atoms with Gasteiger partial charge in [0.05, 0.1) is 29.6 Å². The molecule has 1 aliphatic heterocycles. The van der Waals surface area contributed by atoms with E-state index in [1.165, 1.54) is 0 Å². The van der Waals surface area contributed by atoms with Gasteiger partial charge in [-0.2, -0.15) is 0 Å². The van der Waals surface area contributed by atoms with Crippen LogP contribution in [0.5, 0.6) is 5.75 Å². The van der Waals surface area contributed by atoms with Gasteiger partial charge in [-0.25, -0.2) is 4.98 Å². The van der Waals surface area contributed by atoms with Crippen molar-refractivity contribution in [2.45, 2.75) is 19.3 Å². The molecule has 1 aromatic heterocycles. The van der Waals surface area contributed by atoms with Crippen LogP contribution >= 0.6 is 0 Å². The molecule has 6 nitrogen and oxygen atoms in total. The topological polar surface area (TPSA) is 64.4 Å². The zero-order chi connectivity index (χ0) is 22.2. The number of ether oxygens (including phenoxy) is 1. The van der Waals surface area contributed by atoms with Gasteiger partial charge < -0.3 is 9.64 Å². The van der Waals surface area contributed by atoms with Crippen molar-refractivity contribution in [3.63, 3.8) is 0 Å². The second-order valence-electron chi connectivity index (χ2n) is 7.78.